The smallest absolute Gasteiger partial charge is 0.161 e. The van der Waals surface area contributed by atoms with Gasteiger partial charge in [-0.1, -0.05) is 277 Å². The Labute approximate surface area is 725 Å². The molecular formula is C106H130N4O12. The van der Waals surface area contributed by atoms with E-state index in [2.05, 4.69) is 263 Å². The molecule has 4 saturated heterocycles. The normalized spacial score (nSPS) is 15.9. The molecular weight excluding hydrogens is 1520 g/mol. The van der Waals surface area contributed by atoms with Gasteiger partial charge in [0.2, 0.25) is 0 Å². The van der Waals surface area contributed by atoms with E-state index in [-0.39, 0.29) is 21.7 Å². The summed E-state index contributed by atoms with van der Waals surface area (Å²) in [6.07, 6.45) is 10.2. The lowest BCUT2D eigenvalue weighted by molar-refractivity contribution is 0.0223. The molecule has 0 aliphatic carbocycles. The van der Waals surface area contributed by atoms with E-state index in [0.29, 0.717) is 102 Å². The van der Waals surface area contributed by atoms with Crippen molar-refractivity contribution in [1.29, 1.82) is 0 Å². The topological polar surface area (TPSA) is 168 Å². The number of aromatic nitrogens is 4. The highest BCUT2D eigenvalue weighted by Crippen LogP contribution is 2.42. The Morgan fingerprint density at radius 2 is 0.402 bits per heavy atom. The number of rotatable bonds is 7. The van der Waals surface area contributed by atoms with Crippen LogP contribution in [0.15, 0.2) is 218 Å². The fraction of sp³-hybridized carbons (Fsp3) is 0.415. The van der Waals surface area contributed by atoms with Gasteiger partial charge in [-0.3, -0.25) is 0 Å². The van der Waals surface area contributed by atoms with Crippen molar-refractivity contribution in [3.05, 3.63) is 241 Å². The van der Waals surface area contributed by atoms with Crippen molar-refractivity contribution in [2.45, 2.75) is 156 Å². The van der Waals surface area contributed by atoms with Crippen molar-refractivity contribution in [2.75, 3.05) is 132 Å². The molecule has 5 aliphatic heterocycles. The first kappa shape index (κ1) is 91.2. The number of hydrogen-bond acceptors (Lipinski definition) is 14. The molecule has 5 aliphatic rings. The minimum atomic E-state index is 0.0778. The van der Waals surface area contributed by atoms with Crippen LogP contribution in [0.25, 0.3) is 100 Å². The summed E-state index contributed by atoms with van der Waals surface area (Å²) in [5.41, 5.74) is 23.1. The van der Waals surface area contributed by atoms with Gasteiger partial charge in [0.25, 0.3) is 0 Å². The second-order valence-corrected chi connectivity index (χ2v) is 35.4. The third kappa shape index (κ3) is 27.0. The maximum Gasteiger partial charge on any atom is 0.161 e. The van der Waals surface area contributed by atoms with Gasteiger partial charge in [0.05, 0.1) is 74.9 Å². The predicted molar refractivity (Wildman–Crippen MR) is 497 cm³/mol. The highest BCUT2D eigenvalue weighted by atomic mass is 16.6. The molecule has 17 rings (SSSR count). The fourth-order valence-electron chi connectivity index (χ4n) is 14.5. The van der Waals surface area contributed by atoms with Crippen molar-refractivity contribution >= 4 is 22.1 Å². The molecule has 122 heavy (non-hydrogen) atoms. The quantitative estimate of drug-likeness (QED) is 0.155. The first-order valence-corrected chi connectivity index (χ1v) is 44.1. The molecule has 7 heterocycles. The summed E-state index contributed by atoms with van der Waals surface area (Å²) in [6, 6.07) is 77.6. The van der Waals surface area contributed by atoms with Gasteiger partial charge in [0, 0.05) is 86.2 Å². The standard InChI is InChI=1S/C66H66N4.C24H32O8.4C4H8O/c1-63(2,3)49-29-21-43(22-30-49)53-37-38-54(44-23-31-50(32-24-44)64(4,5)6)58-57(53)67-61(68-58)47-17-13-41(14-18-47)42-15-19-48(20-16-42)62-69-59-55(45-25-33-51(34-26-45)65(7,8)9)39-40-56(60(59)70-62)46-27-35-52(36-28-46)66(10,11)12;1-2-6-22-21(5-1)29-17-13-25-9-10-27-15-19-31-23-7-3-4-8-24(23)32-20-16-28-12-11-26-14-18-30-22;4*1-2-4-5-3-1/h13-40H,1-12H3,(H,67,68)(H,69,70);1-8H,9-20H2;4*1-4H2. The number of nitrogens with zero attached hydrogens (tertiary/aromatic N) is 2. The number of H-pyrrole nitrogens is 2. The highest BCUT2D eigenvalue weighted by Gasteiger charge is 2.23. The van der Waals surface area contributed by atoms with E-state index < -0.39 is 0 Å². The molecule has 0 radical (unpaired) electrons. The Balaban J connectivity index is 0.000000212. The summed E-state index contributed by atoms with van der Waals surface area (Å²) in [7, 11) is 0. The van der Waals surface area contributed by atoms with E-state index in [1.54, 1.807) is 0 Å². The van der Waals surface area contributed by atoms with Crippen molar-refractivity contribution in [3.8, 4) is 101 Å². The molecule has 0 bridgehead atoms. The summed E-state index contributed by atoms with van der Waals surface area (Å²) in [6.45, 7) is 40.6. The average molecular weight is 1650 g/mol. The van der Waals surface area contributed by atoms with Crippen molar-refractivity contribution in [1.82, 2.24) is 19.9 Å². The van der Waals surface area contributed by atoms with Crippen LogP contribution < -0.4 is 18.9 Å². The van der Waals surface area contributed by atoms with E-state index in [1.807, 2.05) is 48.5 Å². The van der Waals surface area contributed by atoms with Gasteiger partial charge >= 0.3 is 0 Å². The second kappa shape index (κ2) is 45.4. The molecule has 10 aromatic carbocycles. The molecule has 16 heteroatoms. The Morgan fingerprint density at radius 1 is 0.205 bits per heavy atom. The molecule has 0 saturated carbocycles. The van der Waals surface area contributed by atoms with Crippen LogP contribution in [-0.4, -0.2) is 152 Å². The molecule has 0 atom stereocenters. The second-order valence-electron chi connectivity index (χ2n) is 35.4. The number of benzene rings is 10. The van der Waals surface area contributed by atoms with Gasteiger partial charge in [-0.25, -0.2) is 9.97 Å². The number of aromatic amines is 2. The Kier molecular flexibility index (Phi) is 34.0. The molecule has 0 spiro atoms. The minimum absolute atomic E-state index is 0.0778. The van der Waals surface area contributed by atoms with E-state index >= 15 is 0 Å². The van der Waals surface area contributed by atoms with Crippen molar-refractivity contribution < 1.29 is 56.8 Å². The maximum atomic E-state index is 5.78. The van der Waals surface area contributed by atoms with E-state index in [4.69, 9.17) is 66.8 Å². The summed E-state index contributed by atoms with van der Waals surface area (Å²) < 4.78 is 65.1. The molecule has 0 amide bonds. The molecule has 646 valence electrons. The molecule has 16 nitrogen and oxygen atoms in total. The zero-order valence-corrected chi connectivity index (χ0v) is 74.4. The average Bonchev–Trinajstić information content (AvgIpc) is 1.59. The predicted octanol–water partition coefficient (Wildman–Crippen LogP) is 24.5. The lowest BCUT2D eigenvalue weighted by atomic mass is 9.85. The van der Waals surface area contributed by atoms with Gasteiger partial charge in [-0.05, 0) is 153 Å². The number of fused-ring (bicyclic) bond motifs is 4. The van der Waals surface area contributed by atoms with Gasteiger partial charge in [-0.15, -0.1) is 0 Å². The largest absolute Gasteiger partial charge is 0.487 e. The lowest BCUT2D eigenvalue weighted by Gasteiger charge is -2.19. The molecule has 0 unspecified atom stereocenters. The lowest BCUT2D eigenvalue weighted by Crippen LogP contribution is -2.15. The summed E-state index contributed by atoms with van der Waals surface area (Å²) >= 11 is 0. The van der Waals surface area contributed by atoms with E-state index in [9.17, 15) is 0 Å². The summed E-state index contributed by atoms with van der Waals surface area (Å²) in [5.74, 6) is 4.43. The number of hydrogen-bond donors (Lipinski definition) is 2. The van der Waals surface area contributed by atoms with E-state index in [1.165, 1.54) is 84.7 Å². The SMILES string of the molecule is C1CCOC1.C1CCOC1.C1CCOC1.C1CCOC1.CC(C)(C)c1ccc(-c2ccc(-c3ccc(C(C)(C)C)cc3)c3[nH]c(-c4ccc(-c5ccc(-c6nc7c(-c8ccc(C(C)(C)C)cc8)ccc(-c8ccc(C(C)(C)C)cc8)c7[nH]6)cc5)cc4)nc23)cc1.c1ccc2c(c1)OCCOCCOCCOc1ccccc1OCCOCCOCCO2. The Bertz CT molecular complexity index is 4470. The third-order valence-corrected chi connectivity index (χ3v) is 21.9. The third-order valence-electron chi connectivity index (χ3n) is 21.9. The van der Waals surface area contributed by atoms with Crippen LogP contribution in [0.2, 0.25) is 0 Å². The minimum Gasteiger partial charge on any atom is -0.487 e. The fourth-order valence-corrected chi connectivity index (χ4v) is 14.5. The maximum absolute atomic E-state index is 5.78. The van der Waals surface area contributed by atoms with Crippen molar-refractivity contribution in [2.24, 2.45) is 0 Å². The van der Waals surface area contributed by atoms with Crippen LogP contribution in [0.4, 0.5) is 0 Å². The zero-order valence-electron chi connectivity index (χ0n) is 74.4. The zero-order chi connectivity index (χ0) is 85.6. The molecule has 4 fully saturated rings. The van der Waals surface area contributed by atoms with Crippen LogP contribution in [0.5, 0.6) is 23.0 Å². The summed E-state index contributed by atoms with van der Waals surface area (Å²) in [5, 5.41) is 0. The van der Waals surface area contributed by atoms with Crippen LogP contribution >= 0.6 is 0 Å². The number of para-hydroxylation sites is 4. The number of nitrogens with one attached hydrogen (secondary N) is 2. The first-order valence-electron chi connectivity index (χ1n) is 44.1. The van der Waals surface area contributed by atoms with Crippen LogP contribution in [-0.2, 0) is 59.6 Å². The van der Waals surface area contributed by atoms with Gasteiger partial charge in [0.15, 0.2) is 23.0 Å². The van der Waals surface area contributed by atoms with Gasteiger partial charge in [0.1, 0.15) is 38.1 Å². The number of imidazole rings is 2. The summed E-state index contributed by atoms with van der Waals surface area (Å²) in [4.78, 5) is 18.3. The van der Waals surface area contributed by atoms with Crippen LogP contribution in [0.1, 0.15) is 157 Å². The Hall–Kier alpha value is -9.98. The van der Waals surface area contributed by atoms with Crippen molar-refractivity contribution in [3.63, 3.8) is 0 Å². The number of ether oxygens (including phenoxy) is 12. The molecule has 2 aromatic heterocycles. The van der Waals surface area contributed by atoms with Crippen LogP contribution in [0.3, 0.4) is 0 Å². The van der Waals surface area contributed by atoms with Crippen LogP contribution in [0, 0.1) is 0 Å². The molecule has 12 aromatic rings. The molecule has 2 N–H and O–H groups in total. The Morgan fingerprint density at radius 3 is 0.623 bits per heavy atom. The van der Waals surface area contributed by atoms with E-state index in [0.717, 1.165) is 142 Å². The first-order chi connectivity index (χ1) is 59.1. The van der Waals surface area contributed by atoms with Gasteiger partial charge < -0.3 is 66.8 Å². The monoisotopic (exact) mass is 1650 g/mol. The van der Waals surface area contributed by atoms with Gasteiger partial charge in [-0.2, -0.15) is 0 Å². The highest BCUT2D eigenvalue weighted by molar-refractivity contribution is 6.03.